The lowest BCUT2D eigenvalue weighted by Crippen LogP contribution is -2.03. The number of ether oxygens (including phenoxy) is 1. The molecule has 0 aromatic heterocycles. The van der Waals surface area contributed by atoms with Crippen LogP contribution in [0.1, 0.15) is 17.3 Å². The van der Waals surface area contributed by atoms with Crippen LogP contribution in [-0.2, 0) is 0 Å². The number of carboxylic acids is 1. The van der Waals surface area contributed by atoms with Gasteiger partial charge in [-0.25, -0.2) is 4.79 Å². The Morgan fingerprint density at radius 2 is 1.77 bits per heavy atom. The molecule has 0 atom stereocenters. The van der Waals surface area contributed by atoms with Crippen molar-refractivity contribution in [1.82, 2.24) is 0 Å². The van der Waals surface area contributed by atoms with Gasteiger partial charge in [-0.15, -0.1) is 0 Å². The maximum absolute atomic E-state index is 11.9. The molecule has 0 radical (unpaired) electrons. The van der Waals surface area contributed by atoms with Crippen molar-refractivity contribution in [3.63, 3.8) is 0 Å². The third kappa shape index (κ3) is 3.37. The first kappa shape index (κ1) is 19.2. The van der Waals surface area contributed by atoms with Crippen molar-refractivity contribution in [2.75, 3.05) is 0 Å². The van der Waals surface area contributed by atoms with Gasteiger partial charge < -0.3 is 14.3 Å². The van der Waals surface area contributed by atoms with Crippen molar-refractivity contribution in [2.45, 2.75) is 6.92 Å². The number of benzene rings is 3. The van der Waals surface area contributed by atoms with Gasteiger partial charge in [-0.3, -0.25) is 4.79 Å². The van der Waals surface area contributed by atoms with Gasteiger partial charge in [0.25, 0.3) is 0 Å². The molecule has 0 spiro atoms. The van der Waals surface area contributed by atoms with E-state index in [-0.39, 0.29) is 11.0 Å². The number of aromatic carboxylic acids is 1. The monoisotopic (exact) mass is 398 g/mol. The molecule has 30 heavy (non-hydrogen) atoms. The molecule has 2 aromatic carbocycles. The zero-order valence-corrected chi connectivity index (χ0v) is 16.3. The van der Waals surface area contributed by atoms with Crippen molar-refractivity contribution in [3.8, 4) is 28.2 Å². The maximum atomic E-state index is 11.9. The lowest BCUT2D eigenvalue weighted by Gasteiger charge is -2.17. The van der Waals surface area contributed by atoms with Crippen molar-refractivity contribution in [2.24, 2.45) is 0 Å². The summed E-state index contributed by atoms with van der Waals surface area (Å²) < 4.78 is 11.7. The third-order valence-electron chi connectivity index (χ3n) is 4.81. The smallest absolute Gasteiger partial charge is 0.336 e. The van der Waals surface area contributed by atoms with Crippen molar-refractivity contribution in [3.05, 3.63) is 101 Å². The number of carboxylic acid groups (broad SMARTS) is 1. The fourth-order valence-corrected chi connectivity index (χ4v) is 3.32. The van der Waals surface area contributed by atoms with Crippen molar-refractivity contribution in [1.29, 1.82) is 0 Å². The molecule has 5 nitrogen and oxygen atoms in total. The first-order valence-corrected chi connectivity index (χ1v) is 9.21. The number of allylic oxidation sites excluding steroid dienone is 1. The molecule has 0 bridgehead atoms. The van der Waals surface area contributed by atoms with Crippen LogP contribution in [-0.4, -0.2) is 11.1 Å². The van der Waals surface area contributed by atoms with Gasteiger partial charge >= 0.3 is 5.97 Å². The molecule has 148 valence electrons. The molecule has 1 aliphatic heterocycles. The summed E-state index contributed by atoms with van der Waals surface area (Å²) in [5, 5.41) is 10.4. The summed E-state index contributed by atoms with van der Waals surface area (Å²) in [6.07, 6.45) is 0. The average Bonchev–Trinajstić information content (AvgIpc) is 2.72. The van der Waals surface area contributed by atoms with Crippen LogP contribution in [0.2, 0.25) is 0 Å². The Balaban J connectivity index is 2.09. The summed E-state index contributed by atoms with van der Waals surface area (Å²) in [5.74, 6) is 0.275. The van der Waals surface area contributed by atoms with Gasteiger partial charge in [-0.05, 0) is 54.5 Å². The molecule has 0 fully saturated rings. The van der Waals surface area contributed by atoms with Crippen LogP contribution in [0, 0.1) is 0 Å². The molecule has 2 aromatic rings. The van der Waals surface area contributed by atoms with E-state index in [0.29, 0.717) is 50.5 Å². The Bertz CT molecular complexity index is 1360. The minimum absolute atomic E-state index is 0.148. The highest BCUT2D eigenvalue weighted by molar-refractivity contribution is 6.07. The highest BCUT2D eigenvalue weighted by atomic mass is 16.5. The number of fused-ring (bicyclic) bond motifs is 2. The number of carbonyl (C=O) groups is 1. The molecule has 0 saturated carbocycles. The SMILES string of the molecule is C=C(C)C(=C)Oc1ccc2oc3cc(=O)ccc-3c(-c3ccccc3C(=O)O)c2c1. The van der Waals surface area contributed by atoms with Crippen LogP contribution >= 0.6 is 0 Å². The van der Waals surface area contributed by atoms with Gasteiger partial charge in [0.05, 0.1) is 5.56 Å². The van der Waals surface area contributed by atoms with Crippen LogP contribution in [0.4, 0.5) is 0 Å². The molecule has 0 unspecified atom stereocenters. The van der Waals surface area contributed by atoms with Crippen LogP contribution in [0.25, 0.3) is 33.4 Å². The van der Waals surface area contributed by atoms with Gasteiger partial charge in [0.1, 0.15) is 22.9 Å². The van der Waals surface area contributed by atoms with Crippen LogP contribution in [0.15, 0.2) is 94.4 Å². The van der Waals surface area contributed by atoms with Gasteiger partial charge in [-0.2, -0.15) is 0 Å². The van der Waals surface area contributed by atoms with E-state index in [1.807, 2.05) is 0 Å². The highest BCUT2D eigenvalue weighted by Gasteiger charge is 2.21. The second-order valence-electron chi connectivity index (χ2n) is 6.95. The Morgan fingerprint density at radius 1 is 1.00 bits per heavy atom. The predicted octanol–water partition coefficient (Wildman–Crippen LogP) is 5.73. The minimum atomic E-state index is -1.05. The Hall–Kier alpha value is -4.12. The van der Waals surface area contributed by atoms with E-state index in [1.54, 1.807) is 55.5 Å². The van der Waals surface area contributed by atoms with Crippen molar-refractivity contribution < 1.29 is 19.1 Å². The summed E-state index contributed by atoms with van der Waals surface area (Å²) >= 11 is 0. The minimum Gasteiger partial charge on any atom is -0.478 e. The second kappa shape index (κ2) is 7.37. The molecule has 0 saturated heterocycles. The fourth-order valence-electron chi connectivity index (χ4n) is 3.32. The predicted molar refractivity (Wildman–Crippen MR) is 116 cm³/mol. The Labute approximate surface area is 172 Å². The largest absolute Gasteiger partial charge is 0.478 e. The van der Waals surface area contributed by atoms with Crippen molar-refractivity contribution >= 4 is 16.9 Å². The van der Waals surface area contributed by atoms with Gasteiger partial charge in [0.2, 0.25) is 0 Å². The molecular weight excluding hydrogens is 380 g/mol. The molecule has 0 amide bonds. The Morgan fingerprint density at radius 3 is 2.50 bits per heavy atom. The first-order chi connectivity index (χ1) is 14.3. The topological polar surface area (TPSA) is 76.7 Å². The third-order valence-corrected chi connectivity index (χ3v) is 4.81. The zero-order chi connectivity index (χ0) is 21.4. The normalized spacial score (nSPS) is 10.8. The molecule has 1 aliphatic carbocycles. The number of rotatable bonds is 5. The fraction of sp³-hybridized carbons (Fsp3) is 0.0400. The summed E-state index contributed by atoms with van der Waals surface area (Å²) in [4.78, 5) is 23.8. The summed E-state index contributed by atoms with van der Waals surface area (Å²) in [7, 11) is 0. The standard InChI is InChI=1S/C25H18O5/c1-14(2)15(3)29-17-9-11-22-21(13-17)24(18-6-4-5-7-19(18)25(27)28)20-10-8-16(26)12-23(20)30-22/h4-13H,1,3H2,2H3,(H,27,28). The zero-order valence-electron chi connectivity index (χ0n) is 16.3. The molecule has 2 aliphatic rings. The van der Waals surface area contributed by atoms with E-state index in [2.05, 4.69) is 13.2 Å². The van der Waals surface area contributed by atoms with Crippen LogP contribution < -0.4 is 10.2 Å². The van der Waals surface area contributed by atoms with Crippen LogP contribution in [0.5, 0.6) is 5.75 Å². The second-order valence-corrected chi connectivity index (χ2v) is 6.95. The summed E-state index contributed by atoms with van der Waals surface area (Å²) in [5.41, 5.74) is 2.94. The molecular formula is C25H18O5. The van der Waals surface area contributed by atoms with Crippen LogP contribution in [0.3, 0.4) is 0 Å². The average molecular weight is 398 g/mol. The lowest BCUT2D eigenvalue weighted by atomic mass is 9.91. The molecule has 4 rings (SSSR count). The molecule has 1 heterocycles. The van der Waals surface area contributed by atoms with Gasteiger partial charge in [-0.1, -0.05) is 31.4 Å². The number of hydrogen-bond acceptors (Lipinski definition) is 4. The van der Waals surface area contributed by atoms with E-state index in [0.717, 1.165) is 0 Å². The van der Waals surface area contributed by atoms with E-state index >= 15 is 0 Å². The van der Waals surface area contributed by atoms with E-state index in [9.17, 15) is 14.7 Å². The maximum Gasteiger partial charge on any atom is 0.336 e. The number of hydrogen-bond donors (Lipinski definition) is 1. The first-order valence-electron chi connectivity index (χ1n) is 9.21. The lowest BCUT2D eigenvalue weighted by molar-refractivity contribution is 0.0697. The van der Waals surface area contributed by atoms with E-state index in [4.69, 9.17) is 9.15 Å². The summed E-state index contributed by atoms with van der Waals surface area (Å²) in [6, 6.07) is 16.4. The molecule has 5 heteroatoms. The quantitative estimate of drug-likeness (QED) is 0.264. The van der Waals surface area contributed by atoms with Gasteiger partial charge in [0.15, 0.2) is 5.43 Å². The highest BCUT2D eigenvalue weighted by Crippen LogP contribution is 2.42. The summed E-state index contributed by atoms with van der Waals surface area (Å²) in [6.45, 7) is 9.46. The van der Waals surface area contributed by atoms with Gasteiger partial charge in [0, 0.05) is 22.6 Å². The van der Waals surface area contributed by atoms with E-state index in [1.165, 1.54) is 12.1 Å². The Kier molecular flexibility index (Phi) is 4.72. The molecule has 1 N–H and O–H groups in total. The van der Waals surface area contributed by atoms with E-state index < -0.39 is 5.97 Å².